The van der Waals surface area contributed by atoms with Gasteiger partial charge in [-0.1, -0.05) is 23.7 Å². The summed E-state index contributed by atoms with van der Waals surface area (Å²) in [6, 6.07) is 11.9. The normalized spacial score (nSPS) is 10.8. The van der Waals surface area contributed by atoms with E-state index >= 15 is 0 Å². The standard InChI is InChI=1S/C22H22ClF2N3O2/c1-15-20(21(23)28(27-15)14-16-4-6-17(24)7-5-16)22(29)26-12-2-3-13-30-19-10-8-18(25)9-11-19/h4-11H,2-3,12-14H2,1H3,(H,26,29). The van der Waals surface area contributed by atoms with Gasteiger partial charge in [0.2, 0.25) is 0 Å². The van der Waals surface area contributed by atoms with Gasteiger partial charge in [0.05, 0.1) is 24.4 Å². The molecule has 0 aliphatic rings. The number of carbonyl (C=O) groups is 1. The summed E-state index contributed by atoms with van der Waals surface area (Å²) in [5.41, 5.74) is 1.69. The Bertz CT molecular complexity index is 989. The third-order valence-electron chi connectivity index (χ3n) is 4.48. The van der Waals surface area contributed by atoms with Gasteiger partial charge in [-0.15, -0.1) is 0 Å². The lowest BCUT2D eigenvalue weighted by Gasteiger charge is -2.07. The van der Waals surface area contributed by atoms with Crippen LogP contribution in [0, 0.1) is 18.6 Å². The minimum absolute atomic E-state index is 0.244. The zero-order valence-corrected chi connectivity index (χ0v) is 17.3. The minimum Gasteiger partial charge on any atom is -0.494 e. The Kier molecular flexibility index (Phi) is 7.41. The highest BCUT2D eigenvalue weighted by molar-refractivity contribution is 6.33. The molecule has 0 saturated heterocycles. The molecule has 5 nitrogen and oxygen atoms in total. The second-order valence-electron chi connectivity index (χ2n) is 6.80. The van der Waals surface area contributed by atoms with Crippen molar-refractivity contribution in [3.8, 4) is 5.75 Å². The number of nitrogens with one attached hydrogen (secondary N) is 1. The molecule has 1 amide bonds. The van der Waals surface area contributed by atoms with Crippen LogP contribution in [0.5, 0.6) is 5.75 Å². The Morgan fingerprint density at radius 3 is 2.37 bits per heavy atom. The fourth-order valence-corrected chi connectivity index (χ4v) is 3.24. The number of carbonyl (C=O) groups excluding carboxylic acids is 1. The molecule has 0 atom stereocenters. The zero-order valence-electron chi connectivity index (χ0n) is 16.5. The Balaban J connectivity index is 1.46. The van der Waals surface area contributed by atoms with E-state index in [1.807, 2.05) is 0 Å². The average Bonchev–Trinajstić information content (AvgIpc) is 3.00. The summed E-state index contributed by atoms with van der Waals surface area (Å²) < 4.78 is 32.9. The smallest absolute Gasteiger partial charge is 0.256 e. The molecule has 30 heavy (non-hydrogen) atoms. The van der Waals surface area contributed by atoms with Crippen LogP contribution in [0.25, 0.3) is 0 Å². The molecule has 3 aromatic rings. The van der Waals surface area contributed by atoms with Crippen molar-refractivity contribution in [1.29, 1.82) is 0 Å². The Morgan fingerprint density at radius 1 is 1.07 bits per heavy atom. The van der Waals surface area contributed by atoms with Crippen LogP contribution in [0.1, 0.15) is 34.5 Å². The minimum atomic E-state index is -0.315. The van der Waals surface area contributed by atoms with Gasteiger partial charge in [0, 0.05) is 6.54 Å². The Morgan fingerprint density at radius 2 is 1.70 bits per heavy atom. The number of halogens is 3. The summed E-state index contributed by atoms with van der Waals surface area (Å²) in [6.45, 7) is 2.99. The number of rotatable bonds is 9. The molecule has 1 heterocycles. The lowest BCUT2D eigenvalue weighted by atomic mass is 10.2. The summed E-state index contributed by atoms with van der Waals surface area (Å²) in [5.74, 6) is -0.302. The van der Waals surface area contributed by atoms with E-state index in [0.29, 0.717) is 43.1 Å². The van der Waals surface area contributed by atoms with Crippen molar-refractivity contribution < 1.29 is 18.3 Å². The molecule has 158 valence electrons. The molecule has 0 bridgehead atoms. The highest BCUT2D eigenvalue weighted by atomic mass is 35.5. The van der Waals surface area contributed by atoms with E-state index in [0.717, 1.165) is 12.0 Å². The van der Waals surface area contributed by atoms with E-state index in [1.165, 1.54) is 28.9 Å². The maximum atomic E-state index is 13.1. The van der Waals surface area contributed by atoms with Gasteiger partial charge in [-0.05, 0) is 61.7 Å². The fraction of sp³-hybridized carbons (Fsp3) is 0.273. The monoisotopic (exact) mass is 433 g/mol. The van der Waals surface area contributed by atoms with Crippen LogP contribution in [0.2, 0.25) is 5.15 Å². The van der Waals surface area contributed by atoms with Crippen molar-refractivity contribution in [3.05, 3.63) is 82.1 Å². The number of benzene rings is 2. The molecule has 8 heteroatoms. The van der Waals surface area contributed by atoms with Crippen molar-refractivity contribution in [2.24, 2.45) is 0 Å². The fourth-order valence-electron chi connectivity index (χ4n) is 2.92. The van der Waals surface area contributed by atoms with Gasteiger partial charge < -0.3 is 10.1 Å². The molecule has 0 aliphatic carbocycles. The molecular weight excluding hydrogens is 412 g/mol. The van der Waals surface area contributed by atoms with Crippen molar-refractivity contribution in [2.45, 2.75) is 26.3 Å². The van der Waals surface area contributed by atoms with Gasteiger partial charge >= 0.3 is 0 Å². The SMILES string of the molecule is Cc1nn(Cc2ccc(F)cc2)c(Cl)c1C(=O)NCCCCOc1ccc(F)cc1. The first-order chi connectivity index (χ1) is 14.4. The molecule has 0 unspecified atom stereocenters. The van der Waals surface area contributed by atoms with Crippen LogP contribution in [-0.4, -0.2) is 28.8 Å². The van der Waals surface area contributed by atoms with Crippen LogP contribution in [0.3, 0.4) is 0 Å². The first-order valence-electron chi connectivity index (χ1n) is 9.58. The van der Waals surface area contributed by atoms with E-state index in [4.69, 9.17) is 16.3 Å². The maximum Gasteiger partial charge on any atom is 0.256 e. The van der Waals surface area contributed by atoms with Crippen molar-refractivity contribution in [3.63, 3.8) is 0 Å². The Labute approximate surface area is 178 Å². The average molecular weight is 434 g/mol. The third kappa shape index (κ3) is 5.79. The molecule has 0 saturated carbocycles. The number of aromatic nitrogens is 2. The predicted molar refractivity (Wildman–Crippen MR) is 111 cm³/mol. The zero-order chi connectivity index (χ0) is 21.5. The summed E-state index contributed by atoms with van der Waals surface area (Å²) >= 11 is 6.37. The van der Waals surface area contributed by atoms with E-state index in [-0.39, 0.29) is 22.7 Å². The molecule has 3 rings (SSSR count). The molecule has 2 aromatic carbocycles. The topological polar surface area (TPSA) is 56.2 Å². The number of hydrogen-bond acceptors (Lipinski definition) is 3. The van der Waals surface area contributed by atoms with Crippen LogP contribution in [-0.2, 0) is 6.54 Å². The molecular formula is C22H22ClF2N3O2. The molecule has 0 fully saturated rings. The van der Waals surface area contributed by atoms with Crippen LogP contribution in [0.15, 0.2) is 48.5 Å². The van der Waals surface area contributed by atoms with Crippen LogP contribution >= 0.6 is 11.6 Å². The number of nitrogens with zero attached hydrogens (tertiary/aromatic N) is 2. The van der Waals surface area contributed by atoms with E-state index < -0.39 is 0 Å². The van der Waals surface area contributed by atoms with E-state index in [9.17, 15) is 13.6 Å². The predicted octanol–water partition coefficient (Wildman–Crippen LogP) is 4.76. The number of hydrogen-bond donors (Lipinski definition) is 1. The van der Waals surface area contributed by atoms with Gasteiger partial charge in [0.25, 0.3) is 5.91 Å². The first-order valence-corrected chi connectivity index (χ1v) is 9.96. The van der Waals surface area contributed by atoms with Crippen molar-refractivity contribution in [2.75, 3.05) is 13.2 Å². The van der Waals surface area contributed by atoms with Gasteiger partial charge in [-0.2, -0.15) is 5.10 Å². The Hall–Kier alpha value is -2.93. The largest absolute Gasteiger partial charge is 0.494 e. The van der Waals surface area contributed by atoms with E-state index in [2.05, 4.69) is 10.4 Å². The van der Waals surface area contributed by atoms with Gasteiger partial charge in [0.15, 0.2) is 0 Å². The van der Waals surface area contributed by atoms with Crippen LogP contribution < -0.4 is 10.1 Å². The number of aryl methyl sites for hydroxylation is 1. The summed E-state index contributed by atoms with van der Waals surface area (Å²) in [6.07, 6.45) is 1.45. The van der Waals surface area contributed by atoms with Gasteiger partial charge in [-0.25, -0.2) is 13.5 Å². The molecule has 0 radical (unpaired) electrons. The summed E-state index contributed by atoms with van der Waals surface area (Å²) in [5, 5.41) is 7.41. The lowest BCUT2D eigenvalue weighted by Crippen LogP contribution is -2.25. The maximum absolute atomic E-state index is 13.1. The molecule has 0 spiro atoms. The molecule has 0 aliphatic heterocycles. The van der Waals surface area contributed by atoms with E-state index in [1.54, 1.807) is 31.2 Å². The summed E-state index contributed by atoms with van der Waals surface area (Å²) in [4.78, 5) is 12.5. The lowest BCUT2D eigenvalue weighted by molar-refractivity contribution is 0.0952. The number of ether oxygens (including phenoxy) is 1. The highest BCUT2D eigenvalue weighted by Gasteiger charge is 2.20. The highest BCUT2D eigenvalue weighted by Crippen LogP contribution is 2.21. The van der Waals surface area contributed by atoms with Crippen molar-refractivity contribution >= 4 is 17.5 Å². The second-order valence-corrected chi connectivity index (χ2v) is 7.16. The molecule has 1 N–H and O–H groups in total. The van der Waals surface area contributed by atoms with Gasteiger partial charge in [-0.3, -0.25) is 4.79 Å². The van der Waals surface area contributed by atoms with Gasteiger partial charge in [0.1, 0.15) is 22.5 Å². The number of amides is 1. The van der Waals surface area contributed by atoms with Crippen LogP contribution in [0.4, 0.5) is 8.78 Å². The first kappa shape index (κ1) is 21.8. The second kappa shape index (κ2) is 10.2. The summed E-state index contributed by atoms with van der Waals surface area (Å²) in [7, 11) is 0. The third-order valence-corrected chi connectivity index (χ3v) is 4.86. The quantitative estimate of drug-likeness (QED) is 0.495. The number of unbranched alkanes of at least 4 members (excludes halogenated alkanes) is 1. The molecule has 1 aromatic heterocycles. The van der Waals surface area contributed by atoms with Crippen molar-refractivity contribution in [1.82, 2.24) is 15.1 Å².